The quantitative estimate of drug-likeness (QED) is 0.374. The fraction of sp³-hybridized carbons (Fsp3) is 0.739. The Kier molecular flexibility index (Phi) is 7.11. The standard InChI is InChI=1S/C23H35N3O3S/c1-5-7-11-25-21-26-20-15(12-19(29)24-10-6-2)22(3)9-8-18(28)23(4,14-27)17(22)13-16(20)30-21/h2,15,17-18,27-28H,5,7-14H2,1,3-4H3,(H,24,29)(H,25,26)/t15-,17+,18-,22+,23+/m1/s1. The molecular weight excluding hydrogens is 398 g/mol. The average Bonchev–Trinajstić information content (AvgIpc) is 3.13. The van der Waals surface area contributed by atoms with Gasteiger partial charge in [0.05, 0.1) is 24.9 Å². The summed E-state index contributed by atoms with van der Waals surface area (Å²) in [6, 6.07) is 0. The number of carbonyl (C=O) groups excluding carboxylic acids is 1. The lowest BCUT2D eigenvalue weighted by Crippen LogP contribution is -2.57. The molecule has 2 aliphatic rings. The molecule has 0 spiro atoms. The lowest BCUT2D eigenvalue weighted by atomic mass is 9.47. The molecule has 0 bridgehead atoms. The molecule has 0 saturated heterocycles. The van der Waals surface area contributed by atoms with E-state index in [-0.39, 0.29) is 36.3 Å². The predicted molar refractivity (Wildman–Crippen MR) is 120 cm³/mol. The highest BCUT2D eigenvalue weighted by atomic mass is 32.1. The lowest BCUT2D eigenvalue weighted by molar-refractivity contribution is -0.144. The van der Waals surface area contributed by atoms with Crippen molar-refractivity contribution in [3.8, 4) is 12.3 Å². The number of fused-ring (bicyclic) bond motifs is 2. The van der Waals surface area contributed by atoms with Gasteiger partial charge in [-0.1, -0.05) is 33.1 Å². The maximum absolute atomic E-state index is 12.7. The molecule has 1 aromatic heterocycles. The van der Waals surface area contributed by atoms with E-state index in [1.54, 1.807) is 11.3 Å². The Balaban J connectivity index is 1.99. The summed E-state index contributed by atoms with van der Waals surface area (Å²) >= 11 is 1.65. The Hall–Kier alpha value is -1.62. The molecule has 1 fully saturated rings. The summed E-state index contributed by atoms with van der Waals surface area (Å²) in [5.41, 5.74) is 0.176. The van der Waals surface area contributed by atoms with Gasteiger partial charge < -0.3 is 20.8 Å². The second-order valence-electron chi connectivity index (χ2n) is 9.33. The van der Waals surface area contributed by atoms with Crippen molar-refractivity contribution in [3.05, 3.63) is 10.6 Å². The molecule has 1 amide bonds. The number of terminal acetylenes is 1. The summed E-state index contributed by atoms with van der Waals surface area (Å²) in [4.78, 5) is 18.8. The number of nitrogens with one attached hydrogen (secondary N) is 2. The zero-order valence-electron chi connectivity index (χ0n) is 18.3. The second kappa shape index (κ2) is 9.25. The first-order valence-corrected chi connectivity index (χ1v) is 11.8. The molecule has 5 atom stereocenters. The minimum Gasteiger partial charge on any atom is -0.396 e. The fourth-order valence-electron chi connectivity index (χ4n) is 5.50. The Morgan fingerprint density at radius 1 is 1.43 bits per heavy atom. The molecule has 166 valence electrons. The number of hydrogen-bond acceptors (Lipinski definition) is 6. The van der Waals surface area contributed by atoms with Crippen molar-refractivity contribution in [1.82, 2.24) is 10.3 Å². The summed E-state index contributed by atoms with van der Waals surface area (Å²) in [7, 11) is 0. The van der Waals surface area contributed by atoms with Crippen LogP contribution in [0.2, 0.25) is 0 Å². The Morgan fingerprint density at radius 2 is 2.20 bits per heavy atom. The van der Waals surface area contributed by atoms with Crippen molar-refractivity contribution in [2.24, 2.45) is 16.7 Å². The van der Waals surface area contributed by atoms with Crippen LogP contribution in [0.5, 0.6) is 0 Å². The van der Waals surface area contributed by atoms with E-state index in [1.165, 1.54) is 4.88 Å². The number of carbonyl (C=O) groups is 1. The average molecular weight is 434 g/mol. The summed E-state index contributed by atoms with van der Waals surface area (Å²) in [6.45, 7) is 7.38. The Labute approximate surface area is 183 Å². The number of aliphatic hydroxyl groups excluding tert-OH is 2. The number of anilines is 1. The third kappa shape index (κ3) is 4.10. The van der Waals surface area contributed by atoms with Gasteiger partial charge in [-0.2, -0.15) is 0 Å². The van der Waals surface area contributed by atoms with Crippen molar-refractivity contribution >= 4 is 22.4 Å². The molecule has 0 aromatic carbocycles. The molecule has 1 saturated carbocycles. The van der Waals surface area contributed by atoms with Gasteiger partial charge in [-0.25, -0.2) is 4.98 Å². The topological polar surface area (TPSA) is 94.5 Å². The monoisotopic (exact) mass is 433 g/mol. The zero-order valence-corrected chi connectivity index (χ0v) is 19.1. The van der Waals surface area contributed by atoms with Crippen molar-refractivity contribution < 1.29 is 15.0 Å². The van der Waals surface area contributed by atoms with Crippen LogP contribution in [0.15, 0.2) is 0 Å². The van der Waals surface area contributed by atoms with Crippen LogP contribution in [0.4, 0.5) is 5.13 Å². The van der Waals surface area contributed by atoms with Gasteiger partial charge in [0.25, 0.3) is 0 Å². The third-order valence-corrected chi connectivity index (χ3v) is 8.53. The van der Waals surface area contributed by atoms with E-state index in [0.717, 1.165) is 43.1 Å². The Bertz CT molecular complexity index is 804. The molecule has 4 N–H and O–H groups in total. The van der Waals surface area contributed by atoms with E-state index in [0.29, 0.717) is 12.8 Å². The Morgan fingerprint density at radius 3 is 2.87 bits per heavy atom. The number of aromatic nitrogens is 1. The van der Waals surface area contributed by atoms with Crippen molar-refractivity contribution in [2.45, 2.75) is 71.3 Å². The van der Waals surface area contributed by atoms with Gasteiger partial charge >= 0.3 is 0 Å². The molecule has 1 heterocycles. The van der Waals surface area contributed by atoms with E-state index in [4.69, 9.17) is 11.4 Å². The minimum atomic E-state index is -0.599. The van der Waals surface area contributed by atoms with Crippen LogP contribution in [0.1, 0.15) is 69.4 Å². The maximum Gasteiger partial charge on any atom is 0.221 e. The molecule has 2 aliphatic carbocycles. The third-order valence-electron chi connectivity index (χ3n) is 7.48. The highest BCUT2D eigenvalue weighted by molar-refractivity contribution is 7.15. The highest BCUT2D eigenvalue weighted by Gasteiger charge is 2.59. The first kappa shape index (κ1) is 23.1. The summed E-state index contributed by atoms with van der Waals surface area (Å²) in [6.07, 6.45) is 9.47. The van der Waals surface area contributed by atoms with E-state index in [1.807, 2.05) is 6.92 Å². The highest BCUT2D eigenvalue weighted by Crippen LogP contribution is 2.62. The van der Waals surface area contributed by atoms with Gasteiger partial charge in [-0.05, 0) is 37.0 Å². The number of amides is 1. The normalized spacial score (nSPS) is 32.6. The maximum atomic E-state index is 12.7. The zero-order chi connectivity index (χ0) is 21.9. The van der Waals surface area contributed by atoms with Crippen LogP contribution in [-0.4, -0.2) is 46.9 Å². The van der Waals surface area contributed by atoms with Gasteiger partial charge in [0.15, 0.2) is 5.13 Å². The van der Waals surface area contributed by atoms with Crippen LogP contribution in [0.3, 0.4) is 0 Å². The summed E-state index contributed by atoms with van der Waals surface area (Å²) < 4.78 is 0. The first-order chi connectivity index (χ1) is 14.3. The predicted octanol–water partition coefficient (Wildman–Crippen LogP) is 2.91. The summed E-state index contributed by atoms with van der Waals surface area (Å²) in [5, 5.41) is 28.2. The molecule has 0 radical (unpaired) electrons. The smallest absolute Gasteiger partial charge is 0.221 e. The number of nitrogens with zero attached hydrogens (tertiary/aromatic N) is 1. The molecule has 6 nitrogen and oxygen atoms in total. The van der Waals surface area contributed by atoms with E-state index >= 15 is 0 Å². The van der Waals surface area contributed by atoms with Crippen LogP contribution < -0.4 is 10.6 Å². The van der Waals surface area contributed by atoms with Gasteiger partial charge in [0.1, 0.15) is 0 Å². The van der Waals surface area contributed by atoms with Crippen molar-refractivity contribution in [1.29, 1.82) is 0 Å². The van der Waals surface area contributed by atoms with E-state index in [9.17, 15) is 15.0 Å². The van der Waals surface area contributed by atoms with E-state index < -0.39 is 11.5 Å². The SMILES string of the molecule is C#CCNC(=O)C[C@@H]1c2nc(NCCCC)sc2C[C@@H]2[C@](C)(CO)[C@H](O)CC[C@]21C. The minimum absolute atomic E-state index is 0.0691. The van der Waals surface area contributed by atoms with E-state index in [2.05, 4.69) is 30.4 Å². The van der Waals surface area contributed by atoms with Gasteiger partial charge in [0.2, 0.25) is 5.91 Å². The number of hydrogen-bond donors (Lipinski definition) is 4. The molecule has 7 heteroatoms. The van der Waals surface area contributed by atoms with Gasteiger partial charge in [-0.15, -0.1) is 17.8 Å². The molecule has 30 heavy (non-hydrogen) atoms. The number of rotatable bonds is 8. The van der Waals surface area contributed by atoms with Crippen molar-refractivity contribution in [2.75, 3.05) is 25.0 Å². The molecule has 0 aliphatic heterocycles. The van der Waals surface area contributed by atoms with Crippen LogP contribution >= 0.6 is 11.3 Å². The largest absolute Gasteiger partial charge is 0.396 e. The van der Waals surface area contributed by atoms with Crippen LogP contribution in [-0.2, 0) is 11.2 Å². The number of thiazole rings is 1. The van der Waals surface area contributed by atoms with Gasteiger partial charge in [-0.3, -0.25) is 4.79 Å². The number of unbranched alkanes of at least 4 members (excludes halogenated alkanes) is 1. The molecular formula is C23H35N3O3S. The molecule has 0 unspecified atom stereocenters. The molecule has 1 aromatic rings. The van der Waals surface area contributed by atoms with Crippen LogP contribution in [0.25, 0.3) is 0 Å². The summed E-state index contributed by atoms with van der Waals surface area (Å²) in [5.74, 6) is 2.39. The lowest BCUT2D eigenvalue weighted by Gasteiger charge is -2.58. The number of aliphatic hydroxyl groups is 2. The fourth-order valence-corrected chi connectivity index (χ4v) is 6.59. The molecule has 3 rings (SSSR count). The van der Waals surface area contributed by atoms with Crippen molar-refractivity contribution in [3.63, 3.8) is 0 Å². The second-order valence-corrected chi connectivity index (χ2v) is 10.4. The van der Waals surface area contributed by atoms with Crippen LogP contribution in [0, 0.1) is 29.1 Å². The first-order valence-electron chi connectivity index (χ1n) is 11.0. The van der Waals surface area contributed by atoms with Gasteiger partial charge in [0, 0.05) is 29.2 Å².